The molecule has 2 heterocycles. The normalized spacial score (nSPS) is 19.5. The maximum absolute atomic E-state index is 10.4. The quantitative estimate of drug-likeness (QED) is 0.621. The van der Waals surface area contributed by atoms with Gasteiger partial charge in [0.25, 0.3) is 0 Å². The molecule has 0 radical (unpaired) electrons. The lowest BCUT2D eigenvalue weighted by Crippen LogP contribution is -2.33. The molecule has 0 unspecified atom stereocenters. The second-order valence-electron chi connectivity index (χ2n) is 7.25. The van der Waals surface area contributed by atoms with Crippen LogP contribution in [0.3, 0.4) is 0 Å². The van der Waals surface area contributed by atoms with Gasteiger partial charge in [-0.05, 0) is 36.4 Å². The van der Waals surface area contributed by atoms with Gasteiger partial charge in [0.15, 0.2) is 11.5 Å². The van der Waals surface area contributed by atoms with E-state index in [1.807, 2.05) is 29.3 Å². The molecule has 0 aromatic heterocycles. The molecule has 0 spiro atoms. The summed E-state index contributed by atoms with van der Waals surface area (Å²) in [6.45, 7) is 0. The average Bonchev–Trinajstić information content (AvgIpc) is 3.20. The molecule has 0 saturated carbocycles. The zero-order chi connectivity index (χ0) is 20.8. The van der Waals surface area contributed by atoms with Crippen molar-refractivity contribution in [1.29, 1.82) is 0 Å². The summed E-state index contributed by atoms with van der Waals surface area (Å²) >= 11 is 6.16. The summed E-state index contributed by atoms with van der Waals surface area (Å²) in [5, 5.41) is 27.6. The maximum Gasteiger partial charge on any atom is 0.214 e. The zero-order valence-electron chi connectivity index (χ0n) is 16.1. The second kappa shape index (κ2) is 7.15. The van der Waals surface area contributed by atoms with Gasteiger partial charge in [-0.25, -0.2) is 5.01 Å². The van der Waals surface area contributed by atoms with Crippen molar-refractivity contribution in [3.63, 3.8) is 0 Å². The van der Waals surface area contributed by atoms with Crippen LogP contribution in [-0.2, 0) is 0 Å². The number of hydrogen-bond donors (Lipinski definition) is 2. The molecule has 152 valence electrons. The number of fused-ring (bicyclic) bond motifs is 3. The Kier molecular flexibility index (Phi) is 4.44. The Morgan fingerprint density at radius 2 is 1.93 bits per heavy atom. The van der Waals surface area contributed by atoms with Crippen LogP contribution < -0.4 is 9.47 Å². The Hall–Kier alpha value is -3.38. The van der Waals surface area contributed by atoms with E-state index in [9.17, 15) is 10.2 Å². The first-order valence-electron chi connectivity index (χ1n) is 9.52. The van der Waals surface area contributed by atoms with Gasteiger partial charge in [-0.3, -0.25) is 0 Å². The number of benzene rings is 3. The topological polar surface area (TPSA) is 74.5 Å². The van der Waals surface area contributed by atoms with Gasteiger partial charge in [-0.15, -0.1) is 0 Å². The summed E-state index contributed by atoms with van der Waals surface area (Å²) in [6.07, 6.45) is -0.00282. The molecule has 2 N–H and O–H groups in total. The van der Waals surface area contributed by atoms with E-state index in [1.165, 1.54) is 0 Å². The number of hydrazone groups is 1. The van der Waals surface area contributed by atoms with Gasteiger partial charge in [-0.1, -0.05) is 35.9 Å². The molecule has 2 atom stereocenters. The number of hydrogen-bond acceptors (Lipinski definition) is 6. The molecule has 0 aliphatic carbocycles. The molecule has 0 fully saturated rings. The van der Waals surface area contributed by atoms with E-state index < -0.39 is 6.23 Å². The highest BCUT2D eigenvalue weighted by atomic mass is 35.5. The number of methoxy groups -OCH3 is 1. The van der Waals surface area contributed by atoms with Crippen LogP contribution in [0.1, 0.15) is 35.4 Å². The van der Waals surface area contributed by atoms with Gasteiger partial charge < -0.3 is 19.7 Å². The minimum absolute atomic E-state index is 0.121. The molecule has 7 heteroatoms. The lowest BCUT2D eigenvalue weighted by molar-refractivity contribution is -0.0210. The lowest BCUT2D eigenvalue weighted by Gasteiger charge is -2.38. The zero-order valence-corrected chi connectivity index (χ0v) is 16.9. The number of phenolic OH excluding ortho intramolecular Hbond substituents is 2. The van der Waals surface area contributed by atoms with Gasteiger partial charge in [0.2, 0.25) is 6.23 Å². The highest BCUT2D eigenvalue weighted by Gasteiger charge is 2.42. The predicted molar refractivity (Wildman–Crippen MR) is 113 cm³/mol. The SMILES string of the molecule is COc1cccc2c1O[C@@H](c1cccc(O)c1)N1N=C(c3cc(Cl)ccc3O)C[C@@H]21. The molecule has 0 bridgehead atoms. The molecular formula is C23H19ClN2O4. The van der Waals surface area contributed by atoms with Gasteiger partial charge in [0.05, 0.1) is 18.9 Å². The number of halogens is 1. The van der Waals surface area contributed by atoms with E-state index in [0.717, 1.165) is 11.1 Å². The average molecular weight is 423 g/mol. The number of nitrogens with zero attached hydrogens (tertiary/aromatic N) is 2. The molecule has 3 aromatic rings. The maximum atomic E-state index is 10.4. The molecule has 6 nitrogen and oxygen atoms in total. The predicted octanol–water partition coefficient (Wildman–Crippen LogP) is 5.00. The van der Waals surface area contributed by atoms with Crippen LogP contribution >= 0.6 is 11.6 Å². The van der Waals surface area contributed by atoms with E-state index in [2.05, 4.69) is 0 Å². The fourth-order valence-electron chi connectivity index (χ4n) is 4.05. The van der Waals surface area contributed by atoms with E-state index >= 15 is 0 Å². The van der Waals surface area contributed by atoms with Crippen LogP contribution in [0, 0.1) is 0 Å². The van der Waals surface area contributed by atoms with Crippen LogP contribution in [-0.4, -0.2) is 28.0 Å². The smallest absolute Gasteiger partial charge is 0.214 e. The summed E-state index contributed by atoms with van der Waals surface area (Å²) in [7, 11) is 1.61. The Labute approximate surface area is 178 Å². The summed E-state index contributed by atoms with van der Waals surface area (Å²) in [6, 6.07) is 17.5. The van der Waals surface area contributed by atoms with E-state index in [4.69, 9.17) is 26.2 Å². The number of phenols is 2. The van der Waals surface area contributed by atoms with Crippen molar-refractivity contribution in [2.24, 2.45) is 5.10 Å². The molecule has 3 aromatic carbocycles. The fraction of sp³-hybridized carbons (Fsp3) is 0.174. The largest absolute Gasteiger partial charge is 0.508 e. The summed E-state index contributed by atoms with van der Waals surface area (Å²) < 4.78 is 11.9. The van der Waals surface area contributed by atoms with Crippen LogP contribution in [0.5, 0.6) is 23.0 Å². The Morgan fingerprint density at radius 3 is 2.73 bits per heavy atom. The van der Waals surface area contributed by atoms with Gasteiger partial charge in [-0.2, -0.15) is 5.10 Å². The third kappa shape index (κ3) is 3.00. The van der Waals surface area contributed by atoms with Crippen molar-refractivity contribution in [3.05, 3.63) is 82.4 Å². The highest BCUT2D eigenvalue weighted by Crippen LogP contribution is 2.51. The van der Waals surface area contributed by atoms with Crippen LogP contribution in [0.4, 0.5) is 0 Å². The summed E-state index contributed by atoms with van der Waals surface area (Å²) in [4.78, 5) is 0. The van der Waals surface area contributed by atoms with Crippen LogP contribution in [0.25, 0.3) is 0 Å². The Morgan fingerprint density at radius 1 is 1.10 bits per heavy atom. The minimum atomic E-state index is -0.565. The van der Waals surface area contributed by atoms with E-state index in [1.54, 1.807) is 43.5 Å². The van der Waals surface area contributed by atoms with Crippen LogP contribution in [0.15, 0.2) is 65.8 Å². The summed E-state index contributed by atoms with van der Waals surface area (Å²) in [5.74, 6) is 1.56. The third-order valence-electron chi connectivity index (χ3n) is 5.43. The molecule has 30 heavy (non-hydrogen) atoms. The fourth-order valence-corrected chi connectivity index (χ4v) is 4.22. The summed E-state index contributed by atoms with van der Waals surface area (Å²) in [5.41, 5.74) is 3.02. The third-order valence-corrected chi connectivity index (χ3v) is 5.66. The van der Waals surface area contributed by atoms with Crippen molar-refractivity contribution in [2.45, 2.75) is 18.7 Å². The monoisotopic (exact) mass is 422 g/mol. The number of para-hydroxylation sites is 1. The first kappa shape index (κ1) is 18.6. The molecule has 5 rings (SSSR count). The number of aromatic hydroxyl groups is 2. The van der Waals surface area contributed by atoms with Crippen molar-refractivity contribution >= 4 is 17.3 Å². The molecule has 2 aliphatic heterocycles. The van der Waals surface area contributed by atoms with Crippen LogP contribution in [0.2, 0.25) is 5.02 Å². The van der Waals surface area contributed by atoms with Gasteiger partial charge in [0.1, 0.15) is 11.5 Å². The molecule has 0 saturated heterocycles. The second-order valence-corrected chi connectivity index (χ2v) is 7.69. The standard InChI is InChI=1S/C23H19ClN2O4/c1-29-21-7-3-6-16-19-12-18(17-11-14(24)8-9-20(17)28)25-26(19)23(30-22(16)21)13-4-2-5-15(27)10-13/h2-11,19,23,27-28H,12H2,1H3/t19-,23-/m0/s1. The number of rotatable bonds is 3. The molecule has 2 aliphatic rings. The lowest BCUT2D eigenvalue weighted by atomic mass is 9.95. The highest BCUT2D eigenvalue weighted by molar-refractivity contribution is 6.31. The first-order valence-corrected chi connectivity index (χ1v) is 9.90. The Bertz CT molecular complexity index is 1160. The first-order chi connectivity index (χ1) is 14.5. The van der Waals surface area contributed by atoms with Crippen molar-refractivity contribution in [2.75, 3.05) is 7.11 Å². The number of ether oxygens (including phenoxy) is 2. The minimum Gasteiger partial charge on any atom is -0.508 e. The van der Waals surface area contributed by atoms with Gasteiger partial charge >= 0.3 is 0 Å². The molecule has 0 amide bonds. The molecular weight excluding hydrogens is 404 g/mol. The van der Waals surface area contributed by atoms with Gasteiger partial charge in [0, 0.05) is 28.1 Å². The van der Waals surface area contributed by atoms with Crippen molar-refractivity contribution in [1.82, 2.24) is 5.01 Å². The Balaban J connectivity index is 1.65. The van der Waals surface area contributed by atoms with Crippen molar-refractivity contribution in [3.8, 4) is 23.0 Å². The van der Waals surface area contributed by atoms with E-state index in [0.29, 0.717) is 34.2 Å². The van der Waals surface area contributed by atoms with Crippen molar-refractivity contribution < 1.29 is 19.7 Å². The van der Waals surface area contributed by atoms with E-state index in [-0.39, 0.29) is 17.5 Å².